The maximum atomic E-state index is 3.39. The van der Waals surface area contributed by atoms with Crippen LogP contribution in [0, 0.1) is 6.92 Å². The van der Waals surface area contributed by atoms with Crippen LogP contribution in [0.5, 0.6) is 0 Å². The Morgan fingerprint density at radius 1 is 1.11 bits per heavy atom. The van der Waals surface area contributed by atoms with Crippen molar-refractivity contribution in [2.75, 3.05) is 7.05 Å². The lowest BCUT2D eigenvalue weighted by atomic mass is 9.97. The number of benzene rings is 2. The molecule has 0 aliphatic heterocycles. The summed E-state index contributed by atoms with van der Waals surface area (Å²) in [7, 11) is 2.05. The number of rotatable bonds is 2. The lowest BCUT2D eigenvalue weighted by Gasteiger charge is -2.11. The number of hydrogen-bond acceptors (Lipinski definition) is 1. The third-order valence-electron chi connectivity index (χ3n) is 4.03. The standard InChI is InChI=1S/C17H19N/c1-12-5-3-4-6-15(12)13-7-9-16-14(11-13)8-10-17(16)18-2/h3-7,9,11,17-18H,8,10H2,1-2H3. The molecule has 0 amide bonds. The van der Waals surface area contributed by atoms with Crippen LogP contribution >= 0.6 is 0 Å². The molecule has 18 heavy (non-hydrogen) atoms. The van der Waals surface area contributed by atoms with Gasteiger partial charge in [0, 0.05) is 6.04 Å². The van der Waals surface area contributed by atoms with Crippen molar-refractivity contribution < 1.29 is 0 Å². The zero-order valence-electron chi connectivity index (χ0n) is 11.0. The minimum Gasteiger partial charge on any atom is -0.313 e. The second kappa shape index (κ2) is 4.58. The van der Waals surface area contributed by atoms with E-state index < -0.39 is 0 Å². The quantitative estimate of drug-likeness (QED) is 0.836. The fourth-order valence-electron chi connectivity index (χ4n) is 2.98. The molecule has 92 valence electrons. The fourth-order valence-corrected chi connectivity index (χ4v) is 2.98. The topological polar surface area (TPSA) is 12.0 Å². The summed E-state index contributed by atoms with van der Waals surface area (Å²) in [6.45, 7) is 2.18. The van der Waals surface area contributed by atoms with Crippen LogP contribution in [-0.4, -0.2) is 7.05 Å². The summed E-state index contributed by atoms with van der Waals surface area (Å²) < 4.78 is 0. The average molecular weight is 237 g/mol. The van der Waals surface area contributed by atoms with Crippen LogP contribution in [0.25, 0.3) is 11.1 Å². The van der Waals surface area contributed by atoms with Crippen LogP contribution in [0.15, 0.2) is 42.5 Å². The molecule has 0 radical (unpaired) electrons. The third kappa shape index (κ3) is 1.85. The highest BCUT2D eigenvalue weighted by Gasteiger charge is 2.21. The van der Waals surface area contributed by atoms with Gasteiger partial charge in [0.2, 0.25) is 0 Å². The summed E-state index contributed by atoms with van der Waals surface area (Å²) >= 11 is 0. The predicted octanol–water partition coefficient (Wildman–Crippen LogP) is 3.87. The van der Waals surface area contributed by atoms with Crippen LogP contribution in [0.2, 0.25) is 0 Å². The molecule has 0 heterocycles. The van der Waals surface area contributed by atoms with Gasteiger partial charge in [0.25, 0.3) is 0 Å². The first-order valence-corrected chi connectivity index (χ1v) is 6.65. The summed E-state index contributed by atoms with van der Waals surface area (Å²) in [6.07, 6.45) is 2.42. The molecule has 0 aromatic heterocycles. The summed E-state index contributed by atoms with van der Waals surface area (Å²) in [5, 5.41) is 3.39. The van der Waals surface area contributed by atoms with Crippen molar-refractivity contribution in [1.29, 1.82) is 0 Å². The smallest absolute Gasteiger partial charge is 0.0323 e. The van der Waals surface area contributed by atoms with Crippen LogP contribution in [0.3, 0.4) is 0 Å². The van der Waals surface area contributed by atoms with Crippen LogP contribution in [-0.2, 0) is 6.42 Å². The summed E-state index contributed by atoms with van der Waals surface area (Å²) in [5.74, 6) is 0. The minimum absolute atomic E-state index is 0.547. The maximum Gasteiger partial charge on any atom is 0.0323 e. The Balaban J connectivity index is 2.04. The average Bonchev–Trinajstić information content (AvgIpc) is 2.81. The molecule has 0 spiro atoms. The van der Waals surface area contributed by atoms with E-state index in [2.05, 4.69) is 61.8 Å². The molecule has 1 heteroatoms. The van der Waals surface area contributed by atoms with E-state index >= 15 is 0 Å². The molecular weight excluding hydrogens is 218 g/mol. The van der Waals surface area contributed by atoms with Crippen molar-refractivity contribution in [2.24, 2.45) is 0 Å². The Labute approximate surface area is 109 Å². The van der Waals surface area contributed by atoms with Gasteiger partial charge in [0.1, 0.15) is 0 Å². The van der Waals surface area contributed by atoms with E-state index in [9.17, 15) is 0 Å². The predicted molar refractivity (Wildman–Crippen MR) is 76.7 cm³/mol. The van der Waals surface area contributed by atoms with Crippen molar-refractivity contribution in [1.82, 2.24) is 5.32 Å². The van der Waals surface area contributed by atoms with E-state index in [1.54, 1.807) is 0 Å². The monoisotopic (exact) mass is 237 g/mol. The lowest BCUT2D eigenvalue weighted by molar-refractivity contribution is 0.590. The first kappa shape index (κ1) is 11.5. The number of aryl methyl sites for hydroxylation is 2. The molecule has 1 aliphatic carbocycles. The highest BCUT2D eigenvalue weighted by molar-refractivity contribution is 5.68. The molecule has 3 rings (SSSR count). The van der Waals surface area contributed by atoms with Crippen LogP contribution in [0.1, 0.15) is 29.2 Å². The molecule has 1 nitrogen and oxygen atoms in total. The second-order valence-electron chi connectivity index (χ2n) is 5.11. The summed E-state index contributed by atoms with van der Waals surface area (Å²) in [5.41, 5.74) is 7.04. The zero-order chi connectivity index (χ0) is 12.5. The van der Waals surface area contributed by atoms with Crippen molar-refractivity contribution in [3.05, 3.63) is 59.2 Å². The highest BCUT2D eigenvalue weighted by Crippen LogP contribution is 2.34. The van der Waals surface area contributed by atoms with Gasteiger partial charge in [-0.3, -0.25) is 0 Å². The molecule has 1 N–H and O–H groups in total. The minimum atomic E-state index is 0.547. The summed E-state index contributed by atoms with van der Waals surface area (Å²) in [4.78, 5) is 0. The highest BCUT2D eigenvalue weighted by atomic mass is 14.9. The maximum absolute atomic E-state index is 3.39. The van der Waals surface area contributed by atoms with Gasteiger partial charge < -0.3 is 5.32 Å². The van der Waals surface area contributed by atoms with Gasteiger partial charge in [-0.15, -0.1) is 0 Å². The van der Waals surface area contributed by atoms with Crippen molar-refractivity contribution >= 4 is 0 Å². The molecule has 0 bridgehead atoms. The normalized spacial score (nSPS) is 17.8. The van der Waals surface area contributed by atoms with Gasteiger partial charge >= 0.3 is 0 Å². The van der Waals surface area contributed by atoms with Gasteiger partial charge in [-0.2, -0.15) is 0 Å². The first-order chi connectivity index (χ1) is 8.79. The Bertz CT molecular complexity index is 572. The van der Waals surface area contributed by atoms with E-state index in [0.29, 0.717) is 6.04 Å². The summed E-state index contributed by atoms with van der Waals surface area (Å²) in [6, 6.07) is 16.1. The molecule has 0 saturated carbocycles. The van der Waals surface area contributed by atoms with E-state index in [1.165, 1.54) is 40.7 Å². The Hall–Kier alpha value is -1.60. The SMILES string of the molecule is CNC1CCc2cc(-c3ccccc3C)ccc21. The fraction of sp³-hybridized carbons (Fsp3) is 0.294. The lowest BCUT2D eigenvalue weighted by Crippen LogP contribution is -2.12. The van der Waals surface area contributed by atoms with Crippen molar-refractivity contribution in [3.8, 4) is 11.1 Å². The Morgan fingerprint density at radius 3 is 2.72 bits per heavy atom. The van der Waals surface area contributed by atoms with Gasteiger partial charge in [0.05, 0.1) is 0 Å². The molecule has 1 aliphatic rings. The van der Waals surface area contributed by atoms with E-state index in [4.69, 9.17) is 0 Å². The van der Waals surface area contributed by atoms with Crippen molar-refractivity contribution in [3.63, 3.8) is 0 Å². The second-order valence-corrected chi connectivity index (χ2v) is 5.11. The van der Waals surface area contributed by atoms with E-state index in [1.807, 2.05) is 0 Å². The number of hydrogen-bond donors (Lipinski definition) is 1. The first-order valence-electron chi connectivity index (χ1n) is 6.65. The van der Waals surface area contributed by atoms with Crippen LogP contribution in [0.4, 0.5) is 0 Å². The van der Waals surface area contributed by atoms with Crippen molar-refractivity contribution in [2.45, 2.75) is 25.8 Å². The van der Waals surface area contributed by atoms with Gasteiger partial charge in [-0.05, 0) is 54.6 Å². The van der Waals surface area contributed by atoms with Gasteiger partial charge in [-0.25, -0.2) is 0 Å². The van der Waals surface area contributed by atoms with E-state index in [0.717, 1.165) is 0 Å². The third-order valence-corrected chi connectivity index (χ3v) is 4.03. The Kier molecular flexibility index (Phi) is 2.92. The Morgan fingerprint density at radius 2 is 1.94 bits per heavy atom. The van der Waals surface area contributed by atoms with E-state index in [-0.39, 0.29) is 0 Å². The molecule has 0 saturated heterocycles. The van der Waals surface area contributed by atoms with Gasteiger partial charge in [-0.1, -0.05) is 42.5 Å². The van der Waals surface area contributed by atoms with Gasteiger partial charge in [0.15, 0.2) is 0 Å². The molecule has 2 aromatic carbocycles. The molecule has 1 unspecified atom stereocenters. The zero-order valence-corrected chi connectivity index (χ0v) is 11.0. The molecule has 0 fully saturated rings. The molecule has 1 atom stereocenters. The molecular formula is C17H19N. The molecule has 2 aromatic rings. The van der Waals surface area contributed by atoms with Crippen LogP contribution < -0.4 is 5.32 Å². The number of fused-ring (bicyclic) bond motifs is 1. The largest absolute Gasteiger partial charge is 0.313 e. The number of nitrogens with one attached hydrogen (secondary N) is 1.